The molecular weight excluding hydrogens is 451 g/mol. The molecule has 156 valence electrons. The molecule has 1 amide bonds. The minimum absolute atomic E-state index is 0.200. The van der Waals surface area contributed by atoms with Gasteiger partial charge in [-0.2, -0.15) is 0 Å². The number of ether oxygens (including phenoxy) is 1. The third-order valence-corrected chi connectivity index (χ3v) is 5.93. The number of amides is 1. The van der Waals surface area contributed by atoms with E-state index in [0.717, 1.165) is 11.1 Å². The maximum absolute atomic E-state index is 12.3. The summed E-state index contributed by atoms with van der Waals surface area (Å²) in [5.41, 5.74) is 3.79. The summed E-state index contributed by atoms with van der Waals surface area (Å²) in [7, 11) is 0. The van der Waals surface area contributed by atoms with Gasteiger partial charge in [-0.1, -0.05) is 59.1 Å². The number of rotatable bonds is 5. The number of aryl methyl sites for hydroxylation is 1. The van der Waals surface area contributed by atoms with Crippen LogP contribution >= 0.6 is 35.0 Å². The predicted molar refractivity (Wildman–Crippen MR) is 129 cm³/mol. The van der Waals surface area contributed by atoms with Crippen LogP contribution in [0.25, 0.3) is 6.08 Å². The average molecular weight is 469 g/mol. The Balaban J connectivity index is 1.44. The molecule has 31 heavy (non-hydrogen) atoms. The van der Waals surface area contributed by atoms with Crippen molar-refractivity contribution in [2.45, 2.75) is 13.5 Å². The van der Waals surface area contributed by atoms with E-state index in [0.29, 0.717) is 38.2 Å². The van der Waals surface area contributed by atoms with Crippen molar-refractivity contribution in [3.8, 4) is 5.75 Å². The molecule has 0 spiro atoms. The van der Waals surface area contributed by atoms with E-state index in [2.05, 4.69) is 10.3 Å². The second-order valence-electron chi connectivity index (χ2n) is 6.92. The number of hydrogen-bond acceptors (Lipinski definition) is 4. The second-order valence-corrected chi connectivity index (χ2v) is 8.80. The highest BCUT2D eigenvalue weighted by Crippen LogP contribution is 2.31. The quantitative estimate of drug-likeness (QED) is 0.420. The number of amidine groups is 1. The minimum Gasteiger partial charge on any atom is -0.487 e. The summed E-state index contributed by atoms with van der Waals surface area (Å²) in [6.45, 7) is 2.48. The number of thioether (sulfide) groups is 1. The Bertz CT molecular complexity index is 1170. The van der Waals surface area contributed by atoms with Crippen LogP contribution in [0.15, 0.2) is 76.6 Å². The predicted octanol–water partition coefficient (Wildman–Crippen LogP) is 6.77. The number of halogens is 2. The van der Waals surface area contributed by atoms with Gasteiger partial charge in [-0.3, -0.25) is 4.79 Å². The summed E-state index contributed by atoms with van der Waals surface area (Å²) in [6, 6.07) is 20.7. The summed E-state index contributed by atoms with van der Waals surface area (Å²) in [5, 5.41) is 4.41. The first-order chi connectivity index (χ1) is 15.0. The molecule has 4 nitrogen and oxygen atoms in total. The number of carbonyl (C=O) groups excluding carboxylic acids is 1. The summed E-state index contributed by atoms with van der Waals surface area (Å²) in [4.78, 5) is 17.3. The summed E-state index contributed by atoms with van der Waals surface area (Å²) in [5.74, 6) is 0.395. The molecule has 1 aliphatic heterocycles. The second kappa shape index (κ2) is 9.60. The lowest BCUT2D eigenvalue weighted by atomic mass is 10.1. The van der Waals surface area contributed by atoms with Gasteiger partial charge < -0.3 is 10.1 Å². The maximum atomic E-state index is 12.3. The van der Waals surface area contributed by atoms with Crippen LogP contribution in [-0.2, 0) is 11.4 Å². The molecule has 1 fully saturated rings. The molecule has 0 atom stereocenters. The molecule has 1 heterocycles. The van der Waals surface area contributed by atoms with E-state index in [1.54, 1.807) is 36.4 Å². The summed E-state index contributed by atoms with van der Waals surface area (Å²) < 4.78 is 5.83. The molecule has 1 N–H and O–H groups in total. The van der Waals surface area contributed by atoms with Crippen molar-refractivity contribution < 1.29 is 9.53 Å². The van der Waals surface area contributed by atoms with Gasteiger partial charge in [-0.25, -0.2) is 4.99 Å². The van der Waals surface area contributed by atoms with E-state index in [4.69, 9.17) is 27.9 Å². The van der Waals surface area contributed by atoms with Crippen LogP contribution in [0.5, 0.6) is 5.75 Å². The largest absolute Gasteiger partial charge is 0.487 e. The molecule has 4 rings (SSSR count). The van der Waals surface area contributed by atoms with Gasteiger partial charge in [0.15, 0.2) is 5.17 Å². The normalized spacial score (nSPS) is 16.0. The van der Waals surface area contributed by atoms with Crippen molar-refractivity contribution in [1.29, 1.82) is 0 Å². The summed E-state index contributed by atoms with van der Waals surface area (Å²) >= 11 is 13.6. The average Bonchev–Trinajstić information content (AvgIpc) is 3.09. The van der Waals surface area contributed by atoms with Crippen molar-refractivity contribution in [3.63, 3.8) is 0 Å². The van der Waals surface area contributed by atoms with E-state index < -0.39 is 0 Å². The molecule has 0 aliphatic carbocycles. The fraction of sp³-hybridized carbons (Fsp3) is 0.0833. The lowest BCUT2D eigenvalue weighted by Crippen LogP contribution is -2.19. The van der Waals surface area contributed by atoms with Gasteiger partial charge in [0.25, 0.3) is 5.91 Å². The number of benzene rings is 3. The van der Waals surface area contributed by atoms with Gasteiger partial charge in [0.05, 0.1) is 15.6 Å². The molecule has 1 aliphatic rings. The third kappa shape index (κ3) is 5.70. The zero-order valence-electron chi connectivity index (χ0n) is 16.6. The smallest absolute Gasteiger partial charge is 0.264 e. The zero-order valence-corrected chi connectivity index (χ0v) is 18.9. The first kappa shape index (κ1) is 21.5. The van der Waals surface area contributed by atoms with Crippen molar-refractivity contribution in [3.05, 3.63) is 98.4 Å². The molecule has 0 aromatic heterocycles. The van der Waals surface area contributed by atoms with E-state index in [1.165, 1.54) is 17.3 Å². The zero-order chi connectivity index (χ0) is 21.8. The minimum atomic E-state index is -0.200. The molecule has 3 aromatic carbocycles. The SMILES string of the molecule is Cc1ccc(COc2ccc(C=C3SC(=Nc4ccc(Cl)cc4)NC3=O)cc2Cl)cc1. The third-order valence-electron chi connectivity index (χ3n) is 4.48. The van der Waals surface area contributed by atoms with Gasteiger partial charge in [0, 0.05) is 5.02 Å². The lowest BCUT2D eigenvalue weighted by Gasteiger charge is -2.09. The number of hydrogen-bond donors (Lipinski definition) is 1. The van der Waals surface area contributed by atoms with Crippen molar-refractivity contribution >= 4 is 57.8 Å². The van der Waals surface area contributed by atoms with E-state index >= 15 is 0 Å². The van der Waals surface area contributed by atoms with Gasteiger partial charge in [-0.05, 0) is 72.3 Å². The van der Waals surface area contributed by atoms with Gasteiger partial charge in [0.2, 0.25) is 0 Å². The van der Waals surface area contributed by atoms with Crippen LogP contribution in [0.4, 0.5) is 5.69 Å². The number of carbonyl (C=O) groups is 1. The molecule has 0 bridgehead atoms. The van der Waals surface area contributed by atoms with Gasteiger partial charge in [0.1, 0.15) is 12.4 Å². The Labute approximate surface area is 194 Å². The Morgan fingerprint density at radius 2 is 1.77 bits per heavy atom. The Hall–Kier alpha value is -2.73. The van der Waals surface area contributed by atoms with Crippen LogP contribution in [0.3, 0.4) is 0 Å². The van der Waals surface area contributed by atoms with Gasteiger partial charge >= 0.3 is 0 Å². The van der Waals surface area contributed by atoms with Gasteiger partial charge in [-0.15, -0.1) is 0 Å². The molecule has 0 radical (unpaired) electrons. The first-order valence-electron chi connectivity index (χ1n) is 9.49. The van der Waals surface area contributed by atoms with Crippen molar-refractivity contribution in [2.75, 3.05) is 0 Å². The highest BCUT2D eigenvalue weighted by Gasteiger charge is 2.23. The number of aliphatic imine (C=N–C) groups is 1. The highest BCUT2D eigenvalue weighted by molar-refractivity contribution is 8.18. The molecule has 1 saturated heterocycles. The van der Waals surface area contributed by atoms with Crippen LogP contribution < -0.4 is 10.1 Å². The molecule has 0 unspecified atom stereocenters. The van der Waals surface area contributed by atoms with Crippen LogP contribution in [-0.4, -0.2) is 11.1 Å². The fourth-order valence-electron chi connectivity index (χ4n) is 2.83. The van der Waals surface area contributed by atoms with E-state index in [9.17, 15) is 4.79 Å². The highest BCUT2D eigenvalue weighted by atomic mass is 35.5. The Kier molecular flexibility index (Phi) is 6.66. The molecule has 7 heteroatoms. The van der Waals surface area contributed by atoms with E-state index in [-0.39, 0.29) is 5.91 Å². The Morgan fingerprint density at radius 1 is 1.03 bits per heavy atom. The molecule has 3 aromatic rings. The number of nitrogens with zero attached hydrogens (tertiary/aromatic N) is 1. The molecule has 0 saturated carbocycles. The topological polar surface area (TPSA) is 50.7 Å². The van der Waals surface area contributed by atoms with Crippen molar-refractivity contribution in [1.82, 2.24) is 5.32 Å². The number of nitrogens with one attached hydrogen (secondary N) is 1. The Morgan fingerprint density at radius 3 is 2.48 bits per heavy atom. The van der Waals surface area contributed by atoms with E-state index in [1.807, 2.05) is 43.3 Å². The summed E-state index contributed by atoms with van der Waals surface area (Å²) in [6.07, 6.45) is 1.78. The fourth-order valence-corrected chi connectivity index (χ4v) is 4.05. The lowest BCUT2D eigenvalue weighted by molar-refractivity contribution is -0.115. The molecular formula is C24H18Cl2N2O2S. The standard InChI is InChI=1S/C24H18Cl2N2O2S/c1-15-2-4-16(5-3-15)14-30-21-11-6-17(12-20(21)26)13-22-23(29)28-24(31-22)27-19-9-7-18(25)8-10-19/h2-13H,14H2,1H3,(H,27,28,29). The maximum Gasteiger partial charge on any atom is 0.264 e. The van der Waals surface area contributed by atoms with Crippen LogP contribution in [0.2, 0.25) is 10.0 Å². The monoisotopic (exact) mass is 468 g/mol. The van der Waals surface area contributed by atoms with Crippen LogP contribution in [0, 0.1) is 6.92 Å². The van der Waals surface area contributed by atoms with Crippen LogP contribution in [0.1, 0.15) is 16.7 Å². The first-order valence-corrected chi connectivity index (χ1v) is 11.1. The van der Waals surface area contributed by atoms with Crippen molar-refractivity contribution in [2.24, 2.45) is 4.99 Å².